The van der Waals surface area contributed by atoms with E-state index in [9.17, 15) is 0 Å². The second-order valence-corrected chi connectivity index (χ2v) is 13.7. The van der Waals surface area contributed by atoms with Crippen molar-refractivity contribution in [3.63, 3.8) is 0 Å². The Labute approximate surface area is 306 Å². The monoisotopic (exact) mass is 716 g/mol. The first-order chi connectivity index (χ1) is 25.2. The summed E-state index contributed by atoms with van der Waals surface area (Å²) < 4.78 is 3.38. The molecule has 0 aliphatic heterocycles. The Hall–Kier alpha value is -6.16. The number of anilines is 3. The highest BCUT2D eigenvalue weighted by Gasteiger charge is 2.16. The number of para-hydroxylation sites is 2. The minimum Gasteiger partial charge on any atom is -0.310 e. The Balaban J connectivity index is 1.12. The summed E-state index contributed by atoms with van der Waals surface area (Å²) in [7, 11) is 0. The highest BCUT2D eigenvalue weighted by Crippen LogP contribution is 2.40. The van der Waals surface area contributed by atoms with Crippen molar-refractivity contribution in [2.45, 2.75) is 0 Å². The van der Waals surface area contributed by atoms with Crippen LogP contribution < -0.4 is 4.90 Å². The largest absolute Gasteiger partial charge is 0.310 e. The maximum atomic E-state index is 3.88. The molecule has 0 amide bonds. The fourth-order valence-electron chi connectivity index (χ4n) is 7.19. The molecule has 0 saturated carbocycles. The van der Waals surface area contributed by atoms with Crippen molar-refractivity contribution in [1.82, 2.24) is 4.57 Å². The Morgan fingerprint density at radius 1 is 0.333 bits per heavy atom. The summed E-state index contributed by atoms with van der Waals surface area (Å²) in [5.74, 6) is 0. The highest BCUT2D eigenvalue weighted by molar-refractivity contribution is 9.10. The van der Waals surface area contributed by atoms with Crippen LogP contribution in [0.1, 0.15) is 0 Å². The van der Waals surface area contributed by atoms with E-state index >= 15 is 0 Å². The van der Waals surface area contributed by atoms with Crippen molar-refractivity contribution in [3.8, 4) is 39.1 Å². The molecular formula is C48H33BrN2. The van der Waals surface area contributed by atoms with Crippen LogP contribution in [-0.2, 0) is 0 Å². The third-order valence-corrected chi connectivity index (χ3v) is 10.1. The fraction of sp³-hybridized carbons (Fsp3) is 0. The number of benzene rings is 8. The predicted octanol–water partition coefficient (Wildman–Crippen LogP) is 14.0. The molecule has 9 rings (SSSR count). The van der Waals surface area contributed by atoms with Gasteiger partial charge in [-0.25, -0.2) is 0 Å². The van der Waals surface area contributed by atoms with Crippen LogP contribution in [0.3, 0.4) is 0 Å². The molecular weight excluding hydrogens is 684 g/mol. The van der Waals surface area contributed by atoms with Gasteiger partial charge in [0.1, 0.15) is 0 Å². The quantitative estimate of drug-likeness (QED) is 0.159. The van der Waals surface area contributed by atoms with Crippen LogP contribution in [0.5, 0.6) is 0 Å². The topological polar surface area (TPSA) is 8.17 Å². The summed E-state index contributed by atoms with van der Waals surface area (Å²) >= 11 is 3.88. The molecule has 242 valence electrons. The number of hydrogen-bond acceptors (Lipinski definition) is 1. The smallest absolute Gasteiger partial charge is 0.0541 e. The lowest BCUT2D eigenvalue weighted by molar-refractivity contribution is 1.18. The predicted molar refractivity (Wildman–Crippen MR) is 219 cm³/mol. The molecule has 0 aliphatic rings. The van der Waals surface area contributed by atoms with Gasteiger partial charge in [-0.1, -0.05) is 149 Å². The van der Waals surface area contributed by atoms with Gasteiger partial charge in [-0.2, -0.15) is 0 Å². The van der Waals surface area contributed by atoms with E-state index in [4.69, 9.17) is 0 Å². The normalized spacial score (nSPS) is 11.2. The van der Waals surface area contributed by atoms with Gasteiger partial charge in [-0.3, -0.25) is 0 Å². The zero-order valence-corrected chi connectivity index (χ0v) is 29.4. The minimum atomic E-state index is 1.02. The van der Waals surface area contributed by atoms with E-state index in [2.05, 4.69) is 226 Å². The number of nitrogens with zero attached hydrogens (tertiary/aromatic N) is 2. The van der Waals surface area contributed by atoms with Crippen LogP contribution in [0.4, 0.5) is 17.1 Å². The van der Waals surface area contributed by atoms with Gasteiger partial charge < -0.3 is 9.47 Å². The molecule has 0 radical (unpaired) electrons. The first-order valence-electron chi connectivity index (χ1n) is 17.2. The van der Waals surface area contributed by atoms with E-state index in [0.29, 0.717) is 0 Å². The molecule has 3 heteroatoms. The highest BCUT2D eigenvalue weighted by atomic mass is 79.9. The Kier molecular flexibility index (Phi) is 8.04. The van der Waals surface area contributed by atoms with E-state index in [0.717, 1.165) is 38.3 Å². The van der Waals surface area contributed by atoms with Crippen LogP contribution in [0.25, 0.3) is 60.9 Å². The van der Waals surface area contributed by atoms with Gasteiger partial charge in [0, 0.05) is 38.0 Å². The molecule has 51 heavy (non-hydrogen) atoms. The van der Waals surface area contributed by atoms with Crippen molar-refractivity contribution >= 4 is 54.8 Å². The molecule has 0 spiro atoms. The molecule has 0 bridgehead atoms. The summed E-state index contributed by atoms with van der Waals surface area (Å²) in [6, 6.07) is 71.7. The average molecular weight is 718 g/mol. The van der Waals surface area contributed by atoms with Crippen molar-refractivity contribution < 1.29 is 0 Å². The summed E-state index contributed by atoms with van der Waals surface area (Å²) in [6.07, 6.45) is 0. The van der Waals surface area contributed by atoms with E-state index in [1.165, 1.54) is 44.1 Å². The van der Waals surface area contributed by atoms with Gasteiger partial charge in [0.2, 0.25) is 0 Å². The maximum Gasteiger partial charge on any atom is 0.0541 e. The van der Waals surface area contributed by atoms with Gasteiger partial charge in [-0.15, -0.1) is 0 Å². The van der Waals surface area contributed by atoms with E-state index in [1.807, 2.05) is 0 Å². The zero-order chi connectivity index (χ0) is 34.1. The molecule has 8 aromatic carbocycles. The standard InChI is InChI=1S/C48H33BrN2/c49-40-31-39(38-23-29-43(30-24-38)51-47-17-9-7-15-45(47)46-16-8-10-18-48(46)51)32-44(33-40)50(41-25-19-36(20-26-41)34-11-3-1-4-12-34)42-27-21-37(22-28-42)35-13-5-2-6-14-35/h1-33H. The van der Waals surface area contributed by atoms with E-state index in [-0.39, 0.29) is 0 Å². The molecule has 9 aromatic rings. The Morgan fingerprint density at radius 3 is 1.25 bits per heavy atom. The first kappa shape index (κ1) is 30.9. The lowest BCUT2D eigenvalue weighted by Gasteiger charge is -2.27. The maximum absolute atomic E-state index is 3.88. The zero-order valence-electron chi connectivity index (χ0n) is 27.8. The average Bonchev–Trinajstić information content (AvgIpc) is 3.53. The van der Waals surface area contributed by atoms with E-state index in [1.54, 1.807) is 0 Å². The summed E-state index contributed by atoms with van der Waals surface area (Å²) in [5, 5.41) is 2.53. The molecule has 0 aliphatic carbocycles. The van der Waals surface area contributed by atoms with Crippen LogP contribution in [0, 0.1) is 0 Å². The van der Waals surface area contributed by atoms with Crippen LogP contribution in [0.15, 0.2) is 205 Å². The van der Waals surface area contributed by atoms with Crippen molar-refractivity contribution in [3.05, 3.63) is 205 Å². The second-order valence-electron chi connectivity index (χ2n) is 12.8. The molecule has 0 unspecified atom stereocenters. The Bertz CT molecular complexity index is 2470. The van der Waals surface area contributed by atoms with Crippen molar-refractivity contribution in [1.29, 1.82) is 0 Å². The molecule has 0 N–H and O–H groups in total. The van der Waals surface area contributed by atoms with Crippen LogP contribution in [-0.4, -0.2) is 4.57 Å². The fourth-order valence-corrected chi connectivity index (χ4v) is 7.67. The summed E-state index contributed by atoms with van der Waals surface area (Å²) in [4.78, 5) is 2.34. The molecule has 0 saturated heterocycles. The number of fused-ring (bicyclic) bond motifs is 3. The van der Waals surface area contributed by atoms with E-state index < -0.39 is 0 Å². The third-order valence-electron chi connectivity index (χ3n) is 9.64. The summed E-state index contributed by atoms with van der Waals surface area (Å²) in [6.45, 7) is 0. The van der Waals surface area contributed by atoms with Gasteiger partial charge >= 0.3 is 0 Å². The van der Waals surface area contributed by atoms with Crippen LogP contribution in [0.2, 0.25) is 0 Å². The molecule has 2 nitrogen and oxygen atoms in total. The molecule has 1 heterocycles. The van der Waals surface area contributed by atoms with Gasteiger partial charge in [0.25, 0.3) is 0 Å². The van der Waals surface area contributed by atoms with Crippen molar-refractivity contribution in [2.24, 2.45) is 0 Å². The van der Waals surface area contributed by atoms with Gasteiger partial charge in [0.15, 0.2) is 0 Å². The number of halogens is 1. The lowest BCUT2D eigenvalue weighted by atomic mass is 10.0. The van der Waals surface area contributed by atoms with Gasteiger partial charge in [-0.05, 0) is 100 Å². The first-order valence-corrected chi connectivity index (χ1v) is 18.0. The minimum absolute atomic E-state index is 1.02. The molecule has 0 atom stereocenters. The number of aromatic nitrogens is 1. The SMILES string of the molecule is Brc1cc(-c2ccc(-n3c4ccccc4c4ccccc43)cc2)cc(N(c2ccc(-c3ccccc3)cc2)c2ccc(-c3ccccc3)cc2)c1. The third kappa shape index (κ3) is 5.92. The van der Waals surface area contributed by atoms with Gasteiger partial charge in [0.05, 0.1) is 11.0 Å². The number of hydrogen-bond donors (Lipinski definition) is 0. The van der Waals surface area contributed by atoms with Crippen LogP contribution >= 0.6 is 15.9 Å². The summed E-state index contributed by atoms with van der Waals surface area (Å²) in [5.41, 5.74) is 13.9. The molecule has 0 fully saturated rings. The second kappa shape index (κ2) is 13.3. The molecule has 1 aromatic heterocycles. The number of rotatable bonds is 7. The Morgan fingerprint density at radius 2 is 0.745 bits per heavy atom. The lowest BCUT2D eigenvalue weighted by Crippen LogP contribution is -2.10. The van der Waals surface area contributed by atoms with Crippen molar-refractivity contribution in [2.75, 3.05) is 4.90 Å².